The Morgan fingerprint density at radius 1 is 1.24 bits per heavy atom. The van der Waals surface area contributed by atoms with Crippen molar-refractivity contribution in [3.8, 4) is 0 Å². The van der Waals surface area contributed by atoms with Crippen LogP contribution in [0.4, 0.5) is 0 Å². The molecule has 1 atom stereocenters. The third kappa shape index (κ3) is 2.35. The summed E-state index contributed by atoms with van der Waals surface area (Å²) in [6.45, 7) is 3.68. The van der Waals surface area contributed by atoms with E-state index in [0.717, 1.165) is 43.4 Å². The van der Waals surface area contributed by atoms with Crippen LogP contribution in [0.2, 0.25) is 0 Å². The first-order valence-corrected chi connectivity index (χ1v) is 7.65. The van der Waals surface area contributed by atoms with Gasteiger partial charge in [0.25, 0.3) is 0 Å². The molecule has 0 amide bonds. The third-order valence-corrected chi connectivity index (χ3v) is 4.49. The molecule has 0 bridgehead atoms. The highest BCUT2D eigenvalue weighted by molar-refractivity contribution is 5.08. The van der Waals surface area contributed by atoms with Crippen molar-refractivity contribution in [3.63, 3.8) is 0 Å². The van der Waals surface area contributed by atoms with Gasteiger partial charge in [0.2, 0.25) is 5.89 Å². The highest BCUT2D eigenvalue weighted by Crippen LogP contribution is 2.39. The molecule has 1 aliphatic heterocycles. The van der Waals surface area contributed by atoms with Gasteiger partial charge in [-0.3, -0.25) is 4.90 Å². The van der Waals surface area contributed by atoms with E-state index in [1.165, 1.54) is 12.8 Å². The summed E-state index contributed by atoms with van der Waals surface area (Å²) in [5, 5.41) is 12.8. The van der Waals surface area contributed by atoms with Crippen molar-refractivity contribution in [1.82, 2.24) is 29.8 Å². The summed E-state index contributed by atoms with van der Waals surface area (Å²) in [5.41, 5.74) is 0. The summed E-state index contributed by atoms with van der Waals surface area (Å²) in [6, 6.07) is 0.239. The van der Waals surface area contributed by atoms with Gasteiger partial charge in [0.15, 0.2) is 5.82 Å². The van der Waals surface area contributed by atoms with Gasteiger partial charge in [-0.25, -0.2) is 0 Å². The van der Waals surface area contributed by atoms with Crippen molar-refractivity contribution >= 4 is 0 Å². The van der Waals surface area contributed by atoms with Gasteiger partial charge < -0.3 is 9.09 Å². The highest BCUT2D eigenvalue weighted by Gasteiger charge is 2.33. The van der Waals surface area contributed by atoms with Crippen molar-refractivity contribution < 1.29 is 4.52 Å². The lowest BCUT2D eigenvalue weighted by atomic mass is 10.2. The van der Waals surface area contributed by atoms with Crippen LogP contribution in [0, 0.1) is 6.92 Å². The van der Waals surface area contributed by atoms with Crippen LogP contribution in [-0.2, 0) is 13.6 Å². The average molecular weight is 288 g/mol. The van der Waals surface area contributed by atoms with Gasteiger partial charge >= 0.3 is 0 Å². The van der Waals surface area contributed by atoms with E-state index in [-0.39, 0.29) is 6.04 Å². The van der Waals surface area contributed by atoms with E-state index >= 15 is 0 Å². The molecule has 2 aromatic heterocycles. The first kappa shape index (κ1) is 12.9. The van der Waals surface area contributed by atoms with Crippen LogP contribution in [0.15, 0.2) is 4.52 Å². The predicted molar refractivity (Wildman–Crippen MR) is 74.4 cm³/mol. The molecule has 21 heavy (non-hydrogen) atoms. The second kappa shape index (κ2) is 4.91. The number of hydrogen-bond donors (Lipinski definition) is 0. The number of aromatic nitrogens is 5. The second-order valence-electron chi connectivity index (χ2n) is 6.11. The predicted octanol–water partition coefficient (Wildman–Crippen LogP) is 1.72. The Labute approximate surface area is 123 Å². The zero-order valence-corrected chi connectivity index (χ0v) is 12.5. The molecule has 112 valence electrons. The minimum Gasteiger partial charge on any atom is -0.340 e. The summed E-state index contributed by atoms with van der Waals surface area (Å²) >= 11 is 0. The monoisotopic (exact) mass is 288 g/mol. The van der Waals surface area contributed by atoms with Gasteiger partial charge in [0.1, 0.15) is 11.6 Å². The van der Waals surface area contributed by atoms with Crippen LogP contribution in [0.3, 0.4) is 0 Å². The minimum absolute atomic E-state index is 0.239. The van der Waals surface area contributed by atoms with Gasteiger partial charge in [-0.1, -0.05) is 5.16 Å². The lowest BCUT2D eigenvalue weighted by molar-refractivity contribution is 0.226. The maximum Gasteiger partial charge on any atom is 0.223 e. The zero-order valence-electron chi connectivity index (χ0n) is 12.5. The Hall–Kier alpha value is -1.76. The van der Waals surface area contributed by atoms with E-state index in [0.29, 0.717) is 11.8 Å². The number of aryl methyl sites for hydroxylation is 1. The van der Waals surface area contributed by atoms with Crippen LogP contribution in [0.5, 0.6) is 0 Å². The lowest BCUT2D eigenvalue weighted by Crippen LogP contribution is -2.25. The minimum atomic E-state index is 0.239. The Kier molecular flexibility index (Phi) is 3.02. The summed E-state index contributed by atoms with van der Waals surface area (Å²) in [6.07, 6.45) is 4.73. The number of rotatable bonds is 4. The molecule has 7 heteroatoms. The van der Waals surface area contributed by atoms with Gasteiger partial charge in [0.05, 0.1) is 12.6 Å². The second-order valence-corrected chi connectivity index (χ2v) is 6.11. The molecule has 2 aliphatic rings. The molecule has 4 rings (SSSR count). The molecule has 0 N–H and O–H groups in total. The molecule has 7 nitrogen and oxygen atoms in total. The van der Waals surface area contributed by atoms with Crippen LogP contribution < -0.4 is 0 Å². The van der Waals surface area contributed by atoms with Gasteiger partial charge in [-0.15, -0.1) is 10.2 Å². The summed E-state index contributed by atoms with van der Waals surface area (Å²) < 4.78 is 7.28. The van der Waals surface area contributed by atoms with Crippen LogP contribution in [0.1, 0.15) is 61.0 Å². The lowest BCUT2D eigenvalue weighted by Gasteiger charge is -2.21. The molecule has 1 saturated carbocycles. The molecule has 0 spiro atoms. The smallest absolute Gasteiger partial charge is 0.223 e. The van der Waals surface area contributed by atoms with E-state index in [2.05, 4.69) is 36.9 Å². The molecule has 2 aromatic rings. The van der Waals surface area contributed by atoms with E-state index in [9.17, 15) is 0 Å². The quantitative estimate of drug-likeness (QED) is 0.853. The summed E-state index contributed by atoms with van der Waals surface area (Å²) in [4.78, 5) is 6.77. The van der Waals surface area contributed by atoms with E-state index in [1.807, 2.05) is 6.92 Å². The maximum atomic E-state index is 5.12. The van der Waals surface area contributed by atoms with Crippen molar-refractivity contribution in [2.75, 3.05) is 6.54 Å². The number of nitrogens with zero attached hydrogens (tertiary/aromatic N) is 6. The average Bonchev–Trinajstić information content (AvgIpc) is 2.88. The van der Waals surface area contributed by atoms with Crippen LogP contribution in [0.25, 0.3) is 0 Å². The number of hydrogen-bond acceptors (Lipinski definition) is 6. The van der Waals surface area contributed by atoms with E-state index < -0.39 is 0 Å². The molecule has 0 radical (unpaired) electrons. The Morgan fingerprint density at radius 2 is 2.10 bits per heavy atom. The number of likely N-dealkylation sites (tertiary alicyclic amines) is 1. The van der Waals surface area contributed by atoms with Crippen molar-refractivity contribution in [1.29, 1.82) is 0 Å². The van der Waals surface area contributed by atoms with E-state index in [1.54, 1.807) is 0 Å². The van der Waals surface area contributed by atoms with Gasteiger partial charge in [-0.05, 0) is 32.2 Å². The molecule has 3 heterocycles. The molecule has 1 aliphatic carbocycles. The summed E-state index contributed by atoms with van der Waals surface area (Å²) in [7, 11) is 2.08. The standard InChI is InChI=1S/C14H20N6O/c1-9-15-13(18-21-9)11-4-3-7-20(11)8-12-16-17-14(19(12)2)10-5-6-10/h10-11H,3-8H2,1-2H3/t11-/m1/s1. The van der Waals surface area contributed by atoms with Crippen LogP contribution in [-0.4, -0.2) is 36.3 Å². The maximum absolute atomic E-state index is 5.12. The fourth-order valence-electron chi connectivity index (χ4n) is 3.15. The van der Waals surface area contributed by atoms with Gasteiger partial charge in [-0.2, -0.15) is 4.98 Å². The highest BCUT2D eigenvalue weighted by atomic mass is 16.5. The Morgan fingerprint density at radius 3 is 2.81 bits per heavy atom. The van der Waals surface area contributed by atoms with Crippen molar-refractivity contribution in [2.45, 2.75) is 51.1 Å². The van der Waals surface area contributed by atoms with Gasteiger partial charge in [0, 0.05) is 19.9 Å². The first-order chi connectivity index (χ1) is 10.2. The third-order valence-electron chi connectivity index (χ3n) is 4.49. The molecule has 0 unspecified atom stereocenters. The largest absolute Gasteiger partial charge is 0.340 e. The van der Waals surface area contributed by atoms with E-state index in [4.69, 9.17) is 4.52 Å². The molecular weight excluding hydrogens is 268 g/mol. The molecule has 2 fully saturated rings. The fraction of sp³-hybridized carbons (Fsp3) is 0.714. The Bertz CT molecular complexity index is 644. The normalized spacial score (nSPS) is 23.0. The fourth-order valence-corrected chi connectivity index (χ4v) is 3.15. The summed E-state index contributed by atoms with van der Waals surface area (Å²) in [5.74, 6) is 4.23. The first-order valence-electron chi connectivity index (χ1n) is 7.65. The van der Waals surface area contributed by atoms with Crippen molar-refractivity contribution in [2.24, 2.45) is 7.05 Å². The topological polar surface area (TPSA) is 72.9 Å². The van der Waals surface area contributed by atoms with Crippen molar-refractivity contribution in [3.05, 3.63) is 23.4 Å². The van der Waals surface area contributed by atoms with Crippen LogP contribution >= 0.6 is 0 Å². The SMILES string of the molecule is Cc1nc([C@H]2CCCN2Cc2nnc(C3CC3)n2C)no1. The zero-order chi connectivity index (χ0) is 14.4. The molecule has 0 aromatic carbocycles. The molecular formula is C14H20N6O. The Balaban J connectivity index is 1.53. The molecule has 1 saturated heterocycles.